The molecular formula is C13H17NO3S. The van der Waals surface area contributed by atoms with Gasteiger partial charge < -0.3 is 10.4 Å². The largest absolute Gasteiger partial charge is 0.481 e. The van der Waals surface area contributed by atoms with Crippen LogP contribution in [0.5, 0.6) is 0 Å². The fraction of sp³-hybridized carbons (Fsp3) is 0.538. The van der Waals surface area contributed by atoms with Gasteiger partial charge in [0.25, 0.3) is 5.91 Å². The Morgan fingerprint density at radius 2 is 2.11 bits per heavy atom. The van der Waals surface area contributed by atoms with Gasteiger partial charge in [0, 0.05) is 16.3 Å². The number of aryl methyl sites for hydroxylation is 1. The van der Waals surface area contributed by atoms with Gasteiger partial charge in [-0.2, -0.15) is 0 Å². The van der Waals surface area contributed by atoms with Crippen molar-refractivity contribution in [3.63, 3.8) is 0 Å². The van der Waals surface area contributed by atoms with Crippen molar-refractivity contribution >= 4 is 23.2 Å². The maximum absolute atomic E-state index is 12.1. The van der Waals surface area contributed by atoms with Crippen LogP contribution in [-0.4, -0.2) is 23.0 Å². The Morgan fingerprint density at radius 1 is 1.39 bits per heavy atom. The van der Waals surface area contributed by atoms with Crippen LogP contribution in [0.15, 0.2) is 5.38 Å². The summed E-state index contributed by atoms with van der Waals surface area (Å²) in [7, 11) is 0. The minimum Gasteiger partial charge on any atom is -0.481 e. The SMILES string of the molecule is Cc1scc(C(=O)N[C@@H]2CCC[C@@H]2C(=O)O)c1C. The summed E-state index contributed by atoms with van der Waals surface area (Å²) in [5.74, 6) is -1.39. The molecule has 0 bridgehead atoms. The van der Waals surface area contributed by atoms with Gasteiger partial charge >= 0.3 is 5.97 Å². The Morgan fingerprint density at radius 3 is 2.67 bits per heavy atom. The van der Waals surface area contributed by atoms with Gasteiger partial charge in [0.05, 0.1) is 11.5 Å². The summed E-state index contributed by atoms with van der Waals surface area (Å²) in [6, 6.07) is -0.227. The van der Waals surface area contributed by atoms with Gasteiger partial charge in [-0.15, -0.1) is 11.3 Å². The quantitative estimate of drug-likeness (QED) is 0.883. The van der Waals surface area contributed by atoms with Crippen molar-refractivity contribution in [3.8, 4) is 0 Å². The highest BCUT2D eigenvalue weighted by Gasteiger charge is 2.34. The van der Waals surface area contributed by atoms with Gasteiger partial charge in [-0.1, -0.05) is 6.42 Å². The van der Waals surface area contributed by atoms with Gasteiger partial charge in [-0.05, 0) is 32.3 Å². The van der Waals surface area contributed by atoms with Crippen molar-refractivity contribution in [3.05, 3.63) is 21.4 Å². The van der Waals surface area contributed by atoms with E-state index in [4.69, 9.17) is 5.11 Å². The molecule has 0 aliphatic heterocycles. The van der Waals surface area contributed by atoms with E-state index in [0.717, 1.165) is 23.3 Å². The van der Waals surface area contributed by atoms with Crippen molar-refractivity contribution in [1.82, 2.24) is 5.32 Å². The van der Waals surface area contributed by atoms with Crippen LogP contribution in [0.1, 0.15) is 40.1 Å². The molecule has 1 fully saturated rings. The third-order valence-electron chi connectivity index (χ3n) is 3.68. The molecule has 0 radical (unpaired) electrons. The summed E-state index contributed by atoms with van der Waals surface area (Å²) in [4.78, 5) is 24.3. The summed E-state index contributed by atoms with van der Waals surface area (Å²) < 4.78 is 0. The Kier molecular flexibility index (Phi) is 3.71. The van der Waals surface area contributed by atoms with Crippen molar-refractivity contribution in [2.24, 2.45) is 5.92 Å². The van der Waals surface area contributed by atoms with Crippen LogP contribution in [-0.2, 0) is 4.79 Å². The first kappa shape index (κ1) is 13.1. The van der Waals surface area contributed by atoms with E-state index >= 15 is 0 Å². The molecule has 2 N–H and O–H groups in total. The predicted octanol–water partition coefficient (Wildman–Crippen LogP) is 2.35. The Bertz CT molecular complexity index is 481. The molecule has 1 aromatic heterocycles. The van der Waals surface area contributed by atoms with Crippen LogP contribution in [0.25, 0.3) is 0 Å². The number of thiophene rings is 1. The molecule has 18 heavy (non-hydrogen) atoms. The molecule has 2 rings (SSSR count). The van der Waals surface area contributed by atoms with Crippen molar-refractivity contribution in [1.29, 1.82) is 0 Å². The monoisotopic (exact) mass is 267 g/mol. The van der Waals surface area contributed by atoms with Crippen molar-refractivity contribution in [2.45, 2.75) is 39.2 Å². The Labute approximate surface area is 110 Å². The van der Waals surface area contributed by atoms with E-state index < -0.39 is 11.9 Å². The summed E-state index contributed by atoms with van der Waals surface area (Å²) in [5.41, 5.74) is 1.66. The fourth-order valence-corrected chi connectivity index (χ4v) is 3.28. The summed E-state index contributed by atoms with van der Waals surface area (Å²) in [6.45, 7) is 3.90. The van der Waals surface area contributed by atoms with E-state index in [0.29, 0.717) is 12.0 Å². The smallest absolute Gasteiger partial charge is 0.308 e. The number of carboxylic acid groups (broad SMARTS) is 1. The van der Waals surface area contributed by atoms with Crippen LogP contribution in [0.3, 0.4) is 0 Å². The van der Waals surface area contributed by atoms with Gasteiger partial charge in [0.15, 0.2) is 0 Å². The molecule has 0 spiro atoms. The number of amides is 1. The standard InChI is InChI=1S/C13H17NO3S/c1-7-8(2)18-6-10(7)12(15)14-11-5-3-4-9(11)13(16)17/h6,9,11H,3-5H2,1-2H3,(H,14,15)(H,16,17)/t9-,11+/m0/s1. The second kappa shape index (κ2) is 5.10. The number of nitrogens with one attached hydrogen (secondary N) is 1. The highest BCUT2D eigenvalue weighted by atomic mass is 32.1. The molecule has 98 valence electrons. The lowest BCUT2D eigenvalue weighted by Gasteiger charge is -2.17. The second-order valence-electron chi connectivity index (χ2n) is 4.79. The Hall–Kier alpha value is -1.36. The first-order valence-corrected chi connectivity index (χ1v) is 6.97. The van der Waals surface area contributed by atoms with Gasteiger partial charge in [0.2, 0.25) is 0 Å². The second-order valence-corrected chi connectivity index (χ2v) is 5.87. The fourth-order valence-electron chi connectivity index (χ4n) is 2.41. The predicted molar refractivity (Wildman–Crippen MR) is 70.0 cm³/mol. The van der Waals surface area contributed by atoms with E-state index in [1.807, 2.05) is 19.2 Å². The van der Waals surface area contributed by atoms with Crippen molar-refractivity contribution in [2.75, 3.05) is 0 Å². The van der Waals surface area contributed by atoms with Crippen LogP contribution in [0.2, 0.25) is 0 Å². The molecule has 1 aliphatic rings. The number of carbonyl (C=O) groups excluding carboxylic acids is 1. The van der Waals surface area contributed by atoms with E-state index in [1.165, 1.54) is 0 Å². The molecule has 1 amide bonds. The molecule has 1 aliphatic carbocycles. The number of carbonyl (C=O) groups is 2. The van der Waals surface area contributed by atoms with E-state index in [1.54, 1.807) is 11.3 Å². The number of carboxylic acids is 1. The first-order valence-electron chi connectivity index (χ1n) is 6.09. The van der Waals surface area contributed by atoms with Gasteiger partial charge in [-0.25, -0.2) is 0 Å². The molecule has 1 saturated carbocycles. The number of hydrogen-bond acceptors (Lipinski definition) is 3. The lowest BCUT2D eigenvalue weighted by Crippen LogP contribution is -2.40. The average molecular weight is 267 g/mol. The summed E-state index contributed by atoms with van der Waals surface area (Å²) in [5, 5.41) is 13.8. The average Bonchev–Trinajstić information content (AvgIpc) is 2.88. The van der Waals surface area contributed by atoms with Crippen LogP contribution in [0.4, 0.5) is 0 Å². The van der Waals surface area contributed by atoms with Crippen LogP contribution >= 0.6 is 11.3 Å². The number of hydrogen-bond donors (Lipinski definition) is 2. The van der Waals surface area contributed by atoms with Gasteiger partial charge in [0.1, 0.15) is 0 Å². The molecule has 4 nitrogen and oxygen atoms in total. The zero-order valence-electron chi connectivity index (χ0n) is 10.5. The van der Waals surface area contributed by atoms with Crippen LogP contribution < -0.4 is 5.32 Å². The number of rotatable bonds is 3. The van der Waals surface area contributed by atoms with E-state index in [9.17, 15) is 9.59 Å². The minimum absolute atomic E-state index is 0.144. The molecule has 0 aromatic carbocycles. The summed E-state index contributed by atoms with van der Waals surface area (Å²) >= 11 is 1.55. The van der Waals surface area contributed by atoms with E-state index in [-0.39, 0.29) is 11.9 Å². The molecular weight excluding hydrogens is 250 g/mol. The molecule has 5 heteroatoms. The lowest BCUT2D eigenvalue weighted by molar-refractivity contribution is -0.142. The molecule has 0 saturated heterocycles. The number of aliphatic carboxylic acids is 1. The lowest BCUT2D eigenvalue weighted by atomic mass is 10.0. The molecule has 0 unspecified atom stereocenters. The highest BCUT2D eigenvalue weighted by Crippen LogP contribution is 2.27. The maximum Gasteiger partial charge on any atom is 0.308 e. The normalized spacial score (nSPS) is 23.0. The summed E-state index contributed by atoms with van der Waals surface area (Å²) in [6.07, 6.45) is 2.27. The van der Waals surface area contributed by atoms with Crippen LogP contribution in [0, 0.1) is 19.8 Å². The zero-order chi connectivity index (χ0) is 13.3. The highest BCUT2D eigenvalue weighted by molar-refractivity contribution is 7.10. The molecule has 2 atom stereocenters. The minimum atomic E-state index is -0.809. The first-order chi connectivity index (χ1) is 8.50. The topological polar surface area (TPSA) is 66.4 Å². The Balaban J connectivity index is 2.08. The van der Waals surface area contributed by atoms with Crippen molar-refractivity contribution < 1.29 is 14.7 Å². The molecule has 1 aromatic rings. The third-order valence-corrected chi connectivity index (χ3v) is 4.69. The molecule has 1 heterocycles. The van der Waals surface area contributed by atoms with E-state index in [2.05, 4.69) is 5.32 Å². The maximum atomic E-state index is 12.1. The zero-order valence-corrected chi connectivity index (χ0v) is 11.3. The third kappa shape index (κ3) is 2.41. The van der Waals surface area contributed by atoms with Gasteiger partial charge in [-0.3, -0.25) is 9.59 Å².